The second kappa shape index (κ2) is 4.81. The molecule has 3 fully saturated rings. The van der Waals surface area contributed by atoms with Crippen LogP contribution in [0.3, 0.4) is 0 Å². The first kappa shape index (κ1) is 11.8. The van der Waals surface area contributed by atoms with Gasteiger partial charge in [0, 0.05) is 36.7 Å². The van der Waals surface area contributed by atoms with Crippen molar-refractivity contribution < 1.29 is 4.79 Å². The number of carbonyl (C=O) groups excluding carboxylic acids is 1. The van der Waals surface area contributed by atoms with Gasteiger partial charge in [-0.05, 0) is 12.8 Å². The Balaban J connectivity index is 1.64. The van der Waals surface area contributed by atoms with Crippen molar-refractivity contribution in [3.63, 3.8) is 0 Å². The minimum absolute atomic E-state index is 0.277. The molecular weight excluding hydrogens is 232 g/mol. The van der Waals surface area contributed by atoms with E-state index in [0.717, 1.165) is 31.9 Å². The minimum atomic E-state index is 0.277. The molecule has 2 saturated heterocycles. The van der Waals surface area contributed by atoms with Crippen LogP contribution in [0.25, 0.3) is 0 Å². The molecule has 1 saturated carbocycles. The highest BCUT2D eigenvalue weighted by Crippen LogP contribution is 2.42. The first-order valence-corrected chi connectivity index (χ1v) is 7.91. The third kappa shape index (κ3) is 2.34. The largest absolute Gasteiger partial charge is 0.340 e. The monoisotopic (exact) mass is 254 g/mol. The van der Waals surface area contributed by atoms with Crippen LogP contribution in [-0.2, 0) is 4.79 Å². The fourth-order valence-electron chi connectivity index (χ4n) is 3.25. The summed E-state index contributed by atoms with van der Waals surface area (Å²) in [6, 6.07) is 0. The zero-order valence-electron chi connectivity index (χ0n) is 10.4. The highest BCUT2D eigenvalue weighted by atomic mass is 32.2. The molecule has 4 heteroatoms. The van der Waals surface area contributed by atoms with E-state index >= 15 is 0 Å². The van der Waals surface area contributed by atoms with Crippen molar-refractivity contribution in [1.29, 1.82) is 0 Å². The number of hydrogen-bond acceptors (Lipinski definition) is 3. The summed E-state index contributed by atoms with van der Waals surface area (Å²) in [5.41, 5.74) is 0. The van der Waals surface area contributed by atoms with Gasteiger partial charge in [-0.25, -0.2) is 0 Å². The highest BCUT2D eigenvalue weighted by molar-refractivity contribution is 8.00. The van der Waals surface area contributed by atoms with Crippen LogP contribution in [0, 0.1) is 5.92 Å². The molecule has 3 aliphatic rings. The van der Waals surface area contributed by atoms with Gasteiger partial charge in [-0.15, -0.1) is 0 Å². The smallest absolute Gasteiger partial charge is 0.228 e. The van der Waals surface area contributed by atoms with E-state index in [9.17, 15) is 4.79 Å². The molecule has 2 aliphatic heterocycles. The van der Waals surface area contributed by atoms with Crippen molar-refractivity contribution in [2.24, 2.45) is 5.92 Å². The van der Waals surface area contributed by atoms with Gasteiger partial charge in [0.2, 0.25) is 5.91 Å². The molecule has 1 spiro atoms. The molecule has 0 aromatic rings. The first-order valence-electron chi connectivity index (χ1n) is 6.93. The molecule has 3 nitrogen and oxygen atoms in total. The van der Waals surface area contributed by atoms with E-state index in [0.29, 0.717) is 10.7 Å². The topological polar surface area (TPSA) is 32.3 Å². The summed E-state index contributed by atoms with van der Waals surface area (Å²) in [7, 11) is 0. The maximum Gasteiger partial charge on any atom is 0.228 e. The van der Waals surface area contributed by atoms with Crippen LogP contribution < -0.4 is 5.32 Å². The molecular formula is C13H22N2OS. The summed E-state index contributed by atoms with van der Waals surface area (Å²) in [6.45, 7) is 3.79. The van der Waals surface area contributed by atoms with Crippen LogP contribution in [-0.4, -0.2) is 47.5 Å². The lowest BCUT2D eigenvalue weighted by atomic mass is 9.87. The van der Waals surface area contributed by atoms with E-state index < -0.39 is 0 Å². The van der Waals surface area contributed by atoms with Crippen LogP contribution in [0.2, 0.25) is 0 Å². The Bertz CT molecular complexity index is 292. The van der Waals surface area contributed by atoms with Gasteiger partial charge in [0.15, 0.2) is 0 Å². The molecule has 96 valence electrons. The lowest BCUT2D eigenvalue weighted by Crippen LogP contribution is -2.57. The SMILES string of the molecule is O=C(C1CNC1)N1CCSC2(CCCCC2)C1. The molecule has 0 atom stereocenters. The van der Waals surface area contributed by atoms with Crippen LogP contribution >= 0.6 is 11.8 Å². The fraction of sp³-hybridized carbons (Fsp3) is 0.923. The summed E-state index contributed by atoms with van der Waals surface area (Å²) >= 11 is 2.14. The molecule has 0 aromatic heterocycles. The van der Waals surface area contributed by atoms with Crippen LogP contribution in [0.5, 0.6) is 0 Å². The zero-order chi connectivity index (χ0) is 11.7. The van der Waals surface area contributed by atoms with Gasteiger partial charge in [-0.2, -0.15) is 11.8 Å². The Labute approximate surface area is 108 Å². The summed E-state index contributed by atoms with van der Waals surface area (Å²) in [5.74, 6) is 1.83. The average molecular weight is 254 g/mol. The van der Waals surface area contributed by atoms with Crippen molar-refractivity contribution in [1.82, 2.24) is 10.2 Å². The fourth-order valence-corrected chi connectivity index (χ4v) is 4.82. The standard InChI is InChI=1S/C13H22N2OS/c16-12(11-8-14-9-11)15-6-7-17-13(10-15)4-2-1-3-5-13/h11,14H,1-10H2. The molecule has 1 aliphatic carbocycles. The molecule has 0 radical (unpaired) electrons. The Hall–Kier alpha value is -0.220. The molecule has 0 unspecified atom stereocenters. The molecule has 1 amide bonds. The van der Waals surface area contributed by atoms with Gasteiger partial charge in [-0.1, -0.05) is 19.3 Å². The molecule has 17 heavy (non-hydrogen) atoms. The Morgan fingerprint density at radius 1 is 1.24 bits per heavy atom. The van der Waals surface area contributed by atoms with Crippen molar-refractivity contribution >= 4 is 17.7 Å². The number of nitrogens with one attached hydrogen (secondary N) is 1. The normalized spacial score (nSPS) is 29.1. The summed E-state index contributed by atoms with van der Waals surface area (Å²) in [5, 5.41) is 3.20. The first-order chi connectivity index (χ1) is 8.29. The van der Waals surface area contributed by atoms with Gasteiger partial charge < -0.3 is 10.2 Å². The van der Waals surface area contributed by atoms with E-state index in [4.69, 9.17) is 0 Å². The third-order valence-electron chi connectivity index (χ3n) is 4.46. The Morgan fingerprint density at radius 3 is 2.65 bits per heavy atom. The number of nitrogens with zero attached hydrogens (tertiary/aromatic N) is 1. The number of hydrogen-bond donors (Lipinski definition) is 1. The number of thioether (sulfide) groups is 1. The Morgan fingerprint density at radius 2 is 2.00 bits per heavy atom. The predicted molar refractivity (Wildman–Crippen MR) is 71.2 cm³/mol. The highest BCUT2D eigenvalue weighted by Gasteiger charge is 2.40. The molecule has 3 rings (SSSR count). The number of rotatable bonds is 1. The molecule has 0 aromatic carbocycles. The lowest BCUT2D eigenvalue weighted by molar-refractivity contribution is -0.137. The van der Waals surface area contributed by atoms with Crippen LogP contribution in [0.4, 0.5) is 0 Å². The van der Waals surface area contributed by atoms with Gasteiger partial charge in [0.1, 0.15) is 0 Å². The van der Waals surface area contributed by atoms with Crippen molar-refractivity contribution in [2.45, 2.75) is 36.9 Å². The molecule has 0 bridgehead atoms. The van der Waals surface area contributed by atoms with E-state index in [1.165, 1.54) is 32.1 Å². The van der Waals surface area contributed by atoms with Gasteiger partial charge in [0.05, 0.1) is 5.92 Å². The quantitative estimate of drug-likeness (QED) is 0.769. The van der Waals surface area contributed by atoms with E-state index in [2.05, 4.69) is 22.0 Å². The Kier molecular flexibility index (Phi) is 3.35. The zero-order valence-corrected chi connectivity index (χ0v) is 11.2. The van der Waals surface area contributed by atoms with E-state index in [1.54, 1.807) is 0 Å². The van der Waals surface area contributed by atoms with Gasteiger partial charge in [0.25, 0.3) is 0 Å². The summed E-state index contributed by atoms with van der Waals surface area (Å²) < 4.78 is 0.420. The molecule has 1 N–H and O–H groups in total. The third-order valence-corrected chi connectivity index (χ3v) is 5.99. The van der Waals surface area contributed by atoms with E-state index in [1.807, 2.05) is 0 Å². The summed E-state index contributed by atoms with van der Waals surface area (Å²) in [4.78, 5) is 14.4. The van der Waals surface area contributed by atoms with Crippen molar-refractivity contribution in [2.75, 3.05) is 31.9 Å². The van der Waals surface area contributed by atoms with Crippen LogP contribution in [0.15, 0.2) is 0 Å². The lowest BCUT2D eigenvalue weighted by Gasteiger charge is -2.46. The summed E-state index contributed by atoms with van der Waals surface area (Å²) in [6.07, 6.45) is 6.76. The van der Waals surface area contributed by atoms with Gasteiger partial charge >= 0.3 is 0 Å². The molecule has 2 heterocycles. The predicted octanol–water partition coefficient (Wildman–Crippen LogP) is 1.48. The van der Waals surface area contributed by atoms with Crippen molar-refractivity contribution in [3.8, 4) is 0 Å². The number of carbonyl (C=O) groups is 1. The second-order valence-corrected chi connectivity index (χ2v) is 7.27. The maximum absolute atomic E-state index is 12.3. The van der Waals surface area contributed by atoms with Crippen molar-refractivity contribution in [3.05, 3.63) is 0 Å². The number of amides is 1. The van der Waals surface area contributed by atoms with Crippen LogP contribution in [0.1, 0.15) is 32.1 Å². The van der Waals surface area contributed by atoms with Gasteiger partial charge in [-0.3, -0.25) is 4.79 Å². The minimum Gasteiger partial charge on any atom is -0.340 e. The van der Waals surface area contributed by atoms with E-state index in [-0.39, 0.29) is 5.92 Å². The second-order valence-electron chi connectivity index (χ2n) is 5.71. The average Bonchev–Trinajstić information content (AvgIpc) is 2.28. The maximum atomic E-state index is 12.3.